The predicted molar refractivity (Wildman–Crippen MR) is 104 cm³/mol. The molecule has 0 aromatic heterocycles. The summed E-state index contributed by atoms with van der Waals surface area (Å²) in [7, 11) is 0. The van der Waals surface area contributed by atoms with Crippen molar-refractivity contribution in [2.24, 2.45) is 0 Å². The minimum atomic E-state index is -0.195. The summed E-state index contributed by atoms with van der Waals surface area (Å²) in [4.78, 5) is 28.0. The van der Waals surface area contributed by atoms with E-state index in [1.165, 1.54) is 13.0 Å². The highest BCUT2D eigenvalue weighted by atomic mass is 16.6. The van der Waals surface area contributed by atoms with Gasteiger partial charge in [-0.05, 0) is 19.1 Å². The molecule has 3 aliphatic rings. The van der Waals surface area contributed by atoms with Gasteiger partial charge in [0.15, 0.2) is 11.5 Å². The standard InChI is InChI=1S/C20H28N4O4/c1-2-23-7-3-4-16(23)12-21-20(26)22-14-10-19(25)24(13-14)15-5-6-17-18(11-15)28-9-8-27-17/h5-6,11,14,16H,2-4,7-10,12-13H2,1H3,(H2,21,22,26)/p+1/t14-,16+/m1/s1. The summed E-state index contributed by atoms with van der Waals surface area (Å²) >= 11 is 0. The fraction of sp³-hybridized carbons (Fsp3) is 0.600. The van der Waals surface area contributed by atoms with Gasteiger partial charge in [-0.3, -0.25) is 4.79 Å². The molecule has 1 unspecified atom stereocenters. The molecule has 8 heteroatoms. The monoisotopic (exact) mass is 389 g/mol. The molecule has 0 spiro atoms. The van der Waals surface area contributed by atoms with E-state index in [9.17, 15) is 9.59 Å². The molecule has 3 amide bonds. The smallest absolute Gasteiger partial charge is 0.315 e. The highest BCUT2D eigenvalue weighted by Gasteiger charge is 2.33. The van der Waals surface area contributed by atoms with Crippen molar-refractivity contribution in [2.75, 3.05) is 44.3 Å². The minimum absolute atomic E-state index is 0.000580. The molecule has 2 fully saturated rings. The number of ether oxygens (including phenoxy) is 2. The first kappa shape index (κ1) is 18.9. The van der Waals surface area contributed by atoms with E-state index in [0.717, 1.165) is 18.7 Å². The first-order valence-corrected chi connectivity index (χ1v) is 10.2. The van der Waals surface area contributed by atoms with Gasteiger partial charge in [-0.2, -0.15) is 0 Å². The number of likely N-dealkylation sites (tertiary alicyclic amines) is 1. The third-order valence-electron chi connectivity index (χ3n) is 5.89. The summed E-state index contributed by atoms with van der Waals surface area (Å²) in [5.74, 6) is 1.36. The summed E-state index contributed by atoms with van der Waals surface area (Å²) in [5, 5.41) is 5.94. The molecular formula is C20H29N4O4+. The number of benzene rings is 1. The van der Waals surface area contributed by atoms with Gasteiger partial charge in [-0.15, -0.1) is 0 Å². The summed E-state index contributed by atoms with van der Waals surface area (Å²) in [6, 6.07) is 5.62. The van der Waals surface area contributed by atoms with Crippen molar-refractivity contribution in [3.05, 3.63) is 18.2 Å². The van der Waals surface area contributed by atoms with E-state index in [2.05, 4.69) is 17.6 Å². The number of carbonyl (C=O) groups excluding carboxylic acids is 2. The number of nitrogens with zero attached hydrogens (tertiary/aromatic N) is 1. The molecule has 0 radical (unpaired) electrons. The molecule has 3 heterocycles. The Labute approximate surface area is 165 Å². The van der Waals surface area contributed by atoms with Crippen LogP contribution in [0.25, 0.3) is 0 Å². The average Bonchev–Trinajstić information content (AvgIpc) is 3.31. The summed E-state index contributed by atoms with van der Waals surface area (Å²) < 4.78 is 11.1. The van der Waals surface area contributed by atoms with Crippen molar-refractivity contribution in [3.63, 3.8) is 0 Å². The zero-order valence-electron chi connectivity index (χ0n) is 16.3. The van der Waals surface area contributed by atoms with E-state index in [0.29, 0.717) is 50.3 Å². The maximum atomic E-state index is 12.5. The van der Waals surface area contributed by atoms with Gasteiger partial charge in [0.05, 0.1) is 25.7 Å². The highest BCUT2D eigenvalue weighted by Crippen LogP contribution is 2.35. The summed E-state index contributed by atoms with van der Waals surface area (Å²) in [6.07, 6.45) is 2.68. The number of fused-ring (bicyclic) bond motifs is 1. The van der Waals surface area contributed by atoms with Crippen molar-refractivity contribution in [1.29, 1.82) is 0 Å². The molecule has 8 nitrogen and oxygen atoms in total. The number of quaternary nitrogens is 1. The maximum absolute atomic E-state index is 12.5. The Morgan fingerprint density at radius 3 is 2.93 bits per heavy atom. The quantitative estimate of drug-likeness (QED) is 0.658. The number of hydrogen-bond donors (Lipinski definition) is 3. The van der Waals surface area contributed by atoms with Gasteiger partial charge in [-0.1, -0.05) is 0 Å². The van der Waals surface area contributed by atoms with E-state index in [1.54, 1.807) is 9.80 Å². The number of rotatable bonds is 5. The molecule has 0 bridgehead atoms. The number of hydrogen-bond acceptors (Lipinski definition) is 4. The topological polar surface area (TPSA) is 84.3 Å². The van der Waals surface area contributed by atoms with Crippen LogP contribution in [0, 0.1) is 0 Å². The number of likely N-dealkylation sites (N-methyl/N-ethyl adjacent to an activating group) is 1. The Morgan fingerprint density at radius 1 is 1.29 bits per heavy atom. The lowest BCUT2D eigenvalue weighted by molar-refractivity contribution is -0.909. The van der Waals surface area contributed by atoms with E-state index in [-0.39, 0.29) is 18.0 Å². The van der Waals surface area contributed by atoms with E-state index in [1.807, 2.05) is 18.2 Å². The van der Waals surface area contributed by atoms with Crippen LogP contribution in [0.1, 0.15) is 26.2 Å². The molecule has 0 aliphatic carbocycles. The molecule has 28 heavy (non-hydrogen) atoms. The lowest BCUT2D eigenvalue weighted by atomic mass is 10.2. The second-order valence-corrected chi connectivity index (χ2v) is 7.69. The minimum Gasteiger partial charge on any atom is -0.486 e. The van der Waals surface area contributed by atoms with Crippen molar-refractivity contribution < 1.29 is 24.0 Å². The summed E-state index contributed by atoms with van der Waals surface area (Å²) in [5.41, 5.74) is 0.770. The van der Waals surface area contributed by atoms with Crippen LogP contribution >= 0.6 is 0 Å². The van der Waals surface area contributed by atoms with E-state index in [4.69, 9.17) is 9.47 Å². The van der Waals surface area contributed by atoms with Gasteiger partial charge in [0.25, 0.3) is 0 Å². The van der Waals surface area contributed by atoms with E-state index >= 15 is 0 Å². The predicted octanol–water partition coefficient (Wildman–Crippen LogP) is -0.0705. The lowest BCUT2D eigenvalue weighted by Gasteiger charge is -2.22. The number of nitrogens with one attached hydrogen (secondary N) is 3. The van der Waals surface area contributed by atoms with Gasteiger partial charge in [0, 0.05) is 37.6 Å². The first-order chi connectivity index (χ1) is 13.6. The third-order valence-corrected chi connectivity index (χ3v) is 5.89. The Hall–Kier alpha value is -2.48. The molecule has 152 valence electrons. The molecule has 0 saturated carbocycles. The Kier molecular flexibility index (Phi) is 5.57. The van der Waals surface area contributed by atoms with Crippen LogP contribution in [-0.4, -0.2) is 63.4 Å². The van der Waals surface area contributed by atoms with Crippen LogP contribution in [0.2, 0.25) is 0 Å². The first-order valence-electron chi connectivity index (χ1n) is 10.2. The lowest BCUT2D eigenvalue weighted by Crippen LogP contribution is -3.14. The van der Waals surface area contributed by atoms with Crippen LogP contribution < -0.4 is 29.9 Å². The second-order valence-electron chi connectivity index (χ2n) is 7.69. The largest absolute Gasteiger partial charge is 0.486 e. The van der Waals surface area contributed by atoms with Crippen molar-refractivity contribution >= 4 is 17.6 Å². The van der Waals surface area contributed by atoms with Gasteiger partial charge in [0.2, 0.25) is 5.91 Å². The highest BCUT2D eigenvalue weighted by molar-refractivity contribution is 5.97. The van der Waals surface area contributed by atoms with Crippen molar-refractivity contribution in [1.82, 2.24) is 10.6 Å². The van der Waals surface area contributed by atoms with Crippen LogP contribution in [0.15, 0.2) is 18.2 Å². The normalized spacial score (nSPS) is 26.4. The van der Waals surface area contributed by atoms with Crippen molar-refractivity contribution in [3.8, 4) is 11.5 Å². The zero-order valence-corrected chi connectivity index (χ0v) is 16.3. The fourth-order valence-electron chi connectivity index (χ4n) is 4.40. The van der Waals surface area contributed by atoms with Gasteiger partial charge >= 0.3 is 6.03 Å². The number of urea groups is 1. The zero-order chi connectivity index (χ0) is 19.5. The number of carbonyl (C=O) groups is 2. The molecule has 3 aliphatic heterocycles. The van der Waals surface area contributed by atoms with Crippen molar-refractivity contribution in [2.45, 2.75) is 38.3 Å². The number of amides is 3. The fourth-order valence-corrected chi connectivity index (χ4v) is 4.40. The molecule has 1 aromatic rings. The maximum Gasteiger partial charge on any atom is 0.315 e. The molecule has 3 atom stereocenters. The molecular weight excluding hydrogens is 360 g/mol. The van der Waals surface area contributed by atoms with Crippen LogP contribution in [0.5, 0.6) is 11.5 Å². The van der Waals surface area contributed by atoms with E-state index < -0.39 is 0 Å². The molecule has 2 saturated heterocycles. The molecule has 4 rings (SSSR count). The third kappa shape index (κ3) is 4.01. The molecule has 1 aromatic carbocycles. The Morgan fingerprint density at radius 2 is 2.11 bits per heavy atom. The second kappa shape index (κ2) is 8.26. The molecule has 3 N–H and O–H groups in total. The Bertz CT molecular complexity index is 741. The number of anilines is 1. The van der Waals surface area contributed by atoms with Gasteiger partial charge in [-0.25, -0.2) is 4.79 Å². The summed E-state index contributed by atoms with van der Waals surface area (Å²) in [6.45, 7) is 6.65. The average molecular weight is 389 g/mol. The van der Waals surface area contributed by atoms with Crippen LogP contribution in [0.4, 0.5) is 10.5 Å². The van der Waals surface area contributed by atoms with Gasteiger partial charge < -0.3 is 29.9 Å². The SMILES string of the molecule is CC[NH+]1CCC[C@H]1CNC(=O)N[C@@H]1CC(=O)N(c2ccc3c(c2)OCCO3)C1. The Balaban J connectivity index is 1.30. The van der Waals surface area contributed by atoms with Crippen LogP contribution in [-0.2, 0) is 4.79 Å². The van der Waals surface area contributed by atoms with Crippen LogP contribution in [0.3, 0.4) is 0 Å². The van der Waals surface area contributed by atoms with Gasteiger partial charge in [0.1, 0.15) is 19.3 Å².